The summed E-state index contributed by atoms with van der Waals surface area (Å²) in [5.74, 6) is 3.48. The lowest BCUT2D eigenvalue weighted by Gasteiger charge is -2.08. The predicted molar refractivity (Wildman–Crippen MR) is 93.5 cm³/mol. The fourth-order valence-corrected chi connectivity index (χ4v) is 3.87. The van der Waals surface area contributed by atoms with E-state index in [0.717, 1.165) is 27.0 Å². The molecule has 0 radical (unpaired) electrons. The van der Waals surface area contributed by atoms with E-state index in [2.05, 4.69) is 48.9 Å². The summed E-state index contributed by atoms with van der Waals surface area (Å²) in [4.78, 5) is 0. The molecule has 0 saturated heterocycles. The van der Waals surface area contributed by atoms with E-state index < -0.39 is 0 Å². The van der Waals surface area contributed by atoms with Crippen LogP contribution in [0.4, 0.5) is 0 Å². The van der Waals surface area contributed by atoms with Gasteiger partial charge >= 0.3 is 0 Å². The van der Waals surface area contributed by atoms with Gasteiger partial charge in [-0.05, 0) is 42.7 Å². The maximum atomic E-state index is 5.50. The molecule has 0 spiro atoms. The fourth-order valence-electron chi connectivity index (χ4n) is 2.53. The molecule has 0 aliphatic heterocycles. The third-order valence-electron chi connectivity index (χ3n) is 3.84. The Morgan fingerprint density at radius 1 is 1.22 bits per heavy atom. The minimum atomic E-state index is 0.567. The fraction of sp³-hybridized carbons (Fsp3) is 0.294. The number of aromatic nitrogens is 3. The Morgan fingerprint density at radius 3 is 2.87 bits per heavy atom. The van der Waals surface area contributed by atoms with E-state index in [0.29, 0.717) is 12.5 Å². The van der Waals surface area contributed by atoms with Gasteiger partial charge in [0.25, 0.3) is 0 Å². The van der Waals surface area contributed by atoms with E-state index in [1.807, 2.05) is 18.2 Å². The van der Waals surface area contributed by atoms with Crippen LogP contribution in [0.1, 0.15) is 35.9 Å². The Bertz CT molecular complexity index is 796. The van der Waals surface area contributed by atoms with Gasteiger partial charge in [-0.2, -0.15) is 0 Å². The van der Waals surface area contributed by atoms with Crippen LogP contribution >= 0.6 is 27.7 Å². The van der Waals surface area contributed by atoms with Gasteiger partial charge in [0.1, 0.15) is 11.6 Å². The molecule has 1 aromatic carbocycles. The Hall–Kier alpha value is -1.53. The first-order chi connectivity index (χ1) is 11.3. The van der Waals surface area contributed by atoms with Crippen LogP contribution in [0.25, 0.3) is 0 Å². The molecule has 4 rings (SSSR count). The zero-order valence-corrected chi connectivity index (χ0v) is 14.9. The summed E-state index contributed by atoms with van der Waals surface area (Å²) in [6.07, 6.45) is 4.14. The highest BCUT2D eigenvalue weighted by Gasteiger charge is 2.30. The number of rotatable bonds is 6. The quantitative estimate of drug-likeness (QED) is 0.565. The summed E-state index contributed by atoms with van der Waals surface area (Å²) in [5, 5.41) is 9.81. The topological polar surface area (TPSA) is 43.9 Å². The molecular formula is C17H16BrN3OS. The largest absolute Gasteiger partial charge is 0.467 e. The summed E-state index contributed by atoms with van der Waals surface area (Å²) in [6, 6.07) is 12.3. The van der Waals surface area contributed by atoms with Crippen molar-refractivity contribution >= 4 is 27.7 Å². The molecule has 1 aliphatic rings. The van der Waals surface area contributed by atoms with Crippen LogP contribution in [0.5, 0.6) is 0 Å². The molecule has 2 aromatic heterocycles. The third-order valence-corrected chi connectivity index (χ3v) is 5.37. The average molecular weight is 390 g/mol. The molecule has 3 aromatic rings. The van der Waals surface area contributed by atoms with Crippen LogP contribution in [-0.2, 0) is 12.3 Å². The minimum Gasteiger partial charge on any atom is -0.467 e. The molecule has 2 heterocycles. The van der Waals surface area contributed by atoms with Gasteiger partial charge in [0.05, 0.1) is 12.8 Å². The van der Waals surface area contributed by atoms with Crippen molar-refractivity contribution < 1.29 is 4.42 Å². The molecule has 0 N–H and O–H groups in total. The molecule has 1 fully saturated rings. The van der Waals surface area contributed by atoms with Crippen molar-refractivity contribution in [1.82, 2.24) is 14.8 Å². The van der Waals surface area contributed by atoms with Crippen LogP contribution in [0, 0.1) is 0 Å². The van der Waals surface area contributed by atoms with Crippen LogP contribution in [-0.4, -0.2) is 14.8 Å². The number of nitrogens with zero attached hydrogens (tertiary/aromatic N) is 3. The second-order valence-corrected chi connectivity index (χ2v) is 7.56. The van der Waals surface area contributed by atoms with Gasteiger partial charge in [0, 0.05) is 16.1 Å². The molecule has 0 unspecified atom stereocenters. The van der Waals surface area contributed by atoms with E-state index in [9.17, 15) is 0 Å². The first-order valence-electron chi connectivity index (χ1n) is 7.62. The highest BCUT2D eigenvalue weighted by Crippen LogP contribution is 2.40. The normalized spacial score (nSPS) is 14.3. The van der Waals surface area contributed by atoms with Gasteiger partial charge < -0.3 is 4.42 Å². The molecule has 1 saturated carbocycles. The van der Waals surface area contributed by atoms with Crippen molar-refractivity contribution in [3.63, 3.8) is 0 Å². The summed E-state index contributed by atoms with van der Waals surface area (Å²) in [6.45, 7) is 0.701. The van der Waals surface area contributed by atoms with Crippen molar-refractivity contribution in [2.45, 2.75) is 36.2 Å². The maximum absolute atomic E-state index is 5.50. The van der Waals surface area contributed by atoms with Gasteiger partial charge in [0.15, 0.2) is 5.16 Å². The summed E-state index contributed by atoms with van der Waals surface area (Å²) in [7, 11) is 0. The van der Waals surface area contributed by atoms with Crippen LogP contribution in [0.15, 0.2) is 56.7 Å². The Labute approximate surface area is 147 Å². The van der Waals surface area contributed by atoms with E-state index in [1.165, 1.54) is 18.4 Å². The predicted octanol–water partition coefficient (Wildman–Crippen LogP) is 4.85. The van der Waals surface area contributed by atoms with Crippen molar-refractivity contribution in [2.75, 3.05) is 0 Å². The van der Waals surface area contributed by atoms with E-state index >= 15 is 0 Å². The van der Waals surface area contributed by atoms with E-state index in [1.54, 1.807) is 18.0 Å². The Morgan fingerprint density at radius 2 is 2.13 bits per heavy atom. The SMILES string of the molecule is Brc1cccc(CSc2nnc(C3CC3)n2Cc2ccco2)c1. The lowest BCUT2D eigenvalue weighted by molar-refractivity contribution is 0.478. The van der Waals surface area contributed by atoms with Crippen molar-refractivity contribution in [2.24, 2.45) is 0 Å². The molecule has 4 nitrogen and oxygen atoms in total. The monoisotopic (exact) mass is 389 g/mol. The second kappa shape index (κ2) is 6.53. The second-order valence-electron chi connectivity index (χ2n) is 5.70. The number of benzene rings is 1. The molecule has 0 bridgehead atoms. The summed E-state index contributed by atoms with van der Waals surface area (Å²) in [5.41, 5.74) is 1.27. The minimum absolute atomic E-state index is 0.567. The first-order valence-corrected chi connectivity index (χ1v) is 9.40. The highest BCUT2D eigenvalue weighted by atomic mass is 79.9. The van der Waals surface area contributed by atoms with Crippen molar-refractivity contribution in [3.05, 3.63) is 64.3 Å². The molecule has 118 valence electrons. The zero-order chi connectivity index (χ0) is 15.6. The number of hydrogen-bond donors (Lipinski definition) is 0. The maximum Gasteiger partial charge on any atom is 0.191 e. The number of hydrogen-bond acceptors (Lipinski definition) is 4. The highest BCUT2D eigenvalue weighted by molar-refractivity contribution is 9.10. The smallest absolute Gasteiger partial charge is 0.191 e. The van der Waals surface area contributed by atoms with Gasteiger partial charge in [-0.3, -0.25) is 4.57 Å². The van der Waals surface area contributed by atoms with Crippen LogP contribution < -0.4 is 0 Å². The molecule has 0 amide bonds. The lowest BCUT2D eigenvalue weighted by Crippen LogP contribution is -2.05. The summed E-state index contributed by atoms with van der Waals surface area (Å²) < 4.78 is 8.81. The van der Waals surface area contributed by atoms with Crippen LogP contribution in [0.2, 0.25) is 0 Å². The van der Waals surface area contributed by atoms with E-state index in [4.69, 9.17) is 4.42 Å². The Kier molecular flexibility index (Phi) is 4.27. The van der Waals surface area contributed by atoms with Crippen LogP contribution in [0.3, 0.4) is 0 Å². The molecule has 1 aliphatic carbocycles. The van der Waals surface area contributed by atoms with E-state index in [-0.39, 0.29) is 0 Å². The first kappa shape index (κ1) is 15.0. The van der Waals surface area contributed by atoms with Crippen molar-refractivity contribution in [1.29, 1.82) is 0 Å². The van der Waals surface area contributed by atoms with Gasteiger partial charge in [-0.1, -0.05) is 39.8 Å². The standard InChI is InChI=1S/C17H16BrN3OS/c18-14-4-1-3-12(9-14)11-23-17-20-19-16(13-6-7-13)21(17)10-15-5-2-8-22-15/h1-5,8-9,13H,6-7,10-11H2. The third kappa shape index (κ3) is 3.53. The lowest BCUT2D eigenvalue weighted by atomic mass is 10.2. The number of furan rings is 1. The average Bonchev–Trinajstić information content (AvgIpc) is 3.11. The van der Waals surface area contributed by atoms with Gasteiger partial charge in [-0.25, -0.2) is 0 Å². The zero-order valence-electron chi connectivity index (χ0n) is 12.5. The molecule has 6 heteroatoms. The Balaban J connectivity index is 1.55. The molecular weight excluding hydrogens is 374 g/mol. The van der Waals surface area contributed by atoms with Gasteiger partial charge in [-0.15, -0.1) is 10.2 Å². The number of halogens is 1. The number of thioether (sulfide) groups is 1. The van der Waals surface area contributed by atoms with Gasteiger partial charge in [0.2, 0.25) is 0 Å². The van der Waals surface area contributed by atoms with Crippen molar-refractivity contribution in [3.8, 4) is 0 Å². The summed E-state index contributed by atoms with van der Waals surface area (Å²) >= 11 is 5.24. The molecule has 0 atom stereocenters. The molecule has 23 heavy (non-hydrogen) atoms.